The number of hydrogen-bond donors (Lipinski definition) is 1. The molecule has 3 heteroatoms. The molecule has 0 aliphatic rings. The first-order chi connectivity index (χ1) is 11.3. The monoisotopic (exact) mass is 324 g/mol. The van der Waals surface area contributed by atoms with Crippen molar-refractivity contribution in [2.45, 2.75) is 34.6 Å². The minimum absolute atomic E-state index is 0.181. The SMILES string of the molecule is CC#CC(C)(C)COc1ccc(Oc2ccc(O)c(C)c2)cc1C. The van der Waals surface area contributed by atoms with Crippen LogP contribution in [0.25, 0.3) is 0 Å². The van der Waals surface area contributed by atoms with Crippen LogP contribution >= 0.6 is 0 Å². The molecule has 0 aliphatic heterocycles. The molecule has 24 heavy (non-hydrogen) atoms. The van der Waals surface area contributed by atoms with E-state index in [9.17, 15) is 5.11 Å². The third-order valence-corrected chi connectivity index (χ3v) is 3.60. The highest BCUT2D eigenvalue weighted by atomic mass is 16.5. The third kappa shape index (κ3) is 4.70. The molecule has 0 bridgehead atoms. The van der Waals surface area contributed by atoms with E-state index in [1.807, 2.05) is 39.0 Å². The highest BCUT2D eigenvalue weighted by Crippen LogP contribution is 2.30. The summed E-state index contributed by atoms with van der Waals surface area (Å²) in [5, 5.41) is 9.57. The molecular weight excluding hydrogens is 300 g/mol. The average molecular weight is 324 g/mol. The lowest BCUT2D eigenvalue weighted by molar-refractivity contribution is 0.227. The van der Waals surface area contributed by atoms with Crippen LogP contribution in [0.3, 0.4) is 0 Å². The number of rotatable bonds is 5. The number of phenols is 1. The van der Waals surface area contributed by atoms with Crippen molar-refractivity contribution in [1.82, 2.24) is 0 Å². The molecule has 0 aliphatic carbocycles. The Morgan fingerprint density at radius 2 is 1.62 bits per heavy atom. The first kappa shape index (κ1) is 17.7. The Labute approximate surface area is 144 Å². The van der Waals surface area contributed by atoms with Crippen molar-refractivity contribution >= 4 is 0 Å². The Morgan fingerprint density at radius 3 is 2.21 bits per heavy atom. The second-order valence-corrected chi connectivity index (χ2v) is 6.53. The van der Waals surface area contributed by atoms with Crippen LogP contribution in [0, 0.1) is 31.1 Å². The number of benzene rings is 2. The van der Waals surface area contributed by atoms with Crippen LogP contribution in [0.5, 0.6) is 23.0 Å². The lowest BCUT2D eigenvalue weighted by atomic mass is 9.96. The Balaban J connectivity index is 2.08. The molecule has 2 rings (SSSR count). The van der Waals surface area contributed by atoms with Gasteiger partial charge >= 0.3 is 0 Å². The molecule has 0 spiro atoms. The standard InChI is InChI=1S/C21H24O3/c1-6-11-21(4,5)14-23-20-10-8-18(13-16(20)3)24-17-7-9-19(22)15(2)12-17/h7-10,12-13,22H,14H2,1-5H3. The Bertz CT molecular complexity index is 779. The van der Waals surface area contributed by atoms with Gasteiger partial charge in [0.25, 0.3) is 0 Å². The molecule has 0 radical (unpaired) electrons. The van der Waals surface area contributed by atoms with Crippen LogP contribution in [0.1, 0.15) is 31.9 Å². The van der Waals surface area contributed by atoms with Crippen molar-refractivity contribution in [3.05, 3.63) is 47.5 Å². The van der Waals surface area contributed by atoms with E-state index in [-0.39, 0.29) is 11.2 Å². The van der Waals surface area contributed by atoms with E-state index < -0.39 is 0 Å². The quantitative estimate of drug-likeness (QED) is 0.765. The summed E-state index contributed by atoms with van der Waals surface area (Å²) in [7, 11) is 0. The fourth-order valence-corrected chi connectivity index (χ4v) is 2.31. The smallest absolute Gasteiger partial charge is 0.127 e. The van der Waals surface area contributed by atoms with Crippen molar-refractivity contribution in [3.63, 3.8) is 0 Å². The lowest BCUT2D eigenvalue weighted by Gasteiger charge is -2.19. The molecule has 0 amide bonds. The van der Waals surface area contributed by atoms with Crippen molar-refractivity contribution in [2.24, 2.45) is 5.41 Å². The van der Waals surface area contributed by atoms with E-state index in [0.717, 1.165) is 22.6 Å². The lowest BCUT2D eigenvalue weighted by Crippen LogP contribution is -2.19. The molecule has 0 atom stereocenters. The molecule has 0 saturated heterocycles. The fraction of sp³-hybridized carbons (Fsp3) is 0.333. The molecule has 0 saturated carbocycles. The summed E-state index contributed by atoms with van der Waals surface area (Å²) in [5.41, 5.74) is 1.60. The van der Waals surface area contributed by atoms with Gasteiger partial charge in [-0.15, -0.1) is 5.92 Å². The highest BCUT2D eigenvalue weighted by molar-refractivity contribution is 5.44. The molecule has 0 fully saturated rings. The molecule has 2 aromatic rings. The summed E-state index contributed by atoms with van der Waals surface area (Å²) in [6.45, 7) is 10.3. The maximum atomic E-state index is 9.57. The normalized spacial score (nSPS) is 10.7. The van der Waals surface area contributed by atoms with Gasteiger partial charge in [0.05, 0.1) is 5.41 Å². The Kier molecular flexibility index (Phi) is 5.41. The maximum Gasteiger partial charge on any atom is 0.127 e. The van der Waals surface area contributed by atoms with Crippen LogP contribution in [-0.2, 0) is 0 Å². The van der Waals surface area contributed by atoms with Crippen LogP contribution in [0.4, 0.5) is 0 Å². The van der Waals surface area contributed by atoms with Crippen LogP contribution in [-0.4, -0.2) is 11.7 Å². The Morgan fingerprint density at radius 1 is 1.00 bits per heavy atom. The van der Waals surface area contributed by atoms with Gasteiger partial charge in [0.1, 0.15) is 29.6 Å². The highest BCUT2D eigenvalue weighted by Gasteiger charge is 2.16. The van der Waals surface area contributed by atoms with Gasteiger partial charge in [-0.05, 0) is 82.1 Å². The van der Waals surface area contributed by atoms with E-state index in [1.165, 1.54) is 0 Å². The molecule has 126 valence electrons. The van der Waals surface area contributed by atoms with Gasteiger partial charge in [0.15, 0.2) is 0 Å². The number of hydrogen-bond acceptors (Lipinski definition) is 3. The van der Waals surface area contributed by atoms with Gasteiger partial charge in [-0.25, -0.2) is 0 Å². The molecule has 0 aromatic heterocycles. The number of phenolic OH excluding ortho intramolecular Hbond substituents is 1. The minimum atomic E-state index is -0.181. The van der Waals surface area contributed by atoms with E-state index in [4.69, 9.17) is 9.47 Å². The van der Waals surface area contributed by atoms with Gasteiger partial charge in [-0.1, -0.05) is 5.92 Å². The molecule has 1 N–H and O–H groups in total. The van der Waals surface area contributed by atoms with Crippen molar-refractivity contribution < 1.29 is 14.6 Å². The van der Waals surface area contributed by atoms with Crippen LogP contribution in [0.2, 0.25) is 0 Å². The van der Waals surface area contributed by atoms with E-state index in [0.29, 0.717) is 12.4 Å². The van der Waals surface area contributed by atoms with E-state index >= 15 is 0 Å². The number of aryl methyl sites for hydroxylation is 2. The maximum absolute atomic E-state index is 9.57. The van der Waals surface area contributed by atoms with Crippen molar-refractivity contribution in [2.75, 3.05) is 6.61 Å². The van der Waals surface area contributed by atoms with Gasteiger partial charge in [0.2, 0.25) is 0 Å². The first-order valence-electron chi connectivity index (χ1n) is 7.95. The number of aromatic hydroxyl groups is 1. The van der Waals surface area contributed by atoms with Gasteiger partial charge in [-0.3, -0.25) is 0 Å². The summed E-state index contributed by atoms with van der Waals surface area (Å²) in [5.74, 6) is 8.60. The first-order valence-corrected chi connectivity index (χ1v) is 7.95. The average Bonchev–Trinajstić information content (AvgIpc) is 2.50. The number of ether oxygens (including phenoxy) is 2. The van der Waals surface area contributed by atoms with Gasteiger partial charge < -0.3 is 14.6 Å². The minimum Gasteiger partial charge on any atom is -0.508 e. The predicted molar refractivity (Wildman–Crippen MR) is 96.8 cm³/mol. The molecular formula is C21H24O3. The second kappa shape index (κ2) is 7.31. The van der Waals surface area contributed by atoms with Gasteiger partial charge in [-0.2, -0.15) is 0 Å². The van der Waals surface area contributed by atoms with Crippen molar-refractivity contribution in [1.29, 1.82) is 0 Å². The van der Waals surface area contributed by atoms with Crippen LogP contribution in [0.15, 0.2) is 36.4 Å². The third-order valence-electron chi connectivity index (χ3n) is 3.60. The van der Waals surface area contributed by atoms with Crippen LogP contribution < -0.4 is 9.47 Å². The predicted octanol–water partition coefficient (Wildman–Crippen LogP) is 5.23. The molecule has 0 unspecified atom stereocenters. The van der Waals surface area contributed by atoms with E-state index in [1.54, 1.807) is 18.2 Å². The zero-order chi connectivity index (χ0) is 17.7. The van der Waals surface area contributed by atoms with Crippen molar-refractivity contribution in [3.8, 4) is 34.8 Å². The molecule has 3 nitrogen and oxygen atoms in total. The summed E-state index contributed by atoms with van der Waals surface area (Å²) < 4.78 is 11.7. The second-order valence-electron chi connectivity index (χ2n) is 6.53. The summed E-state index contributed by atoms with van der Waals surface area (Å²) in [6.07, 6.45) is 0. The summed E-state index contributed by atoms with van der Waals surface area (Å²) in [4.78, 5) is 0. The summed E-state index contributed by atoms with van der Waals surface area (Å²) in [6, 6.07) is 10.9. The topological polar surface area (TPSA) is 38.7 Å². The summed E-state index contributed by atoms with van der Waals surface area (Å²) >= 11 is 0. The van der Waals surface area contributed by atoms with E-state index in [2.05, 4.69) is 25.7 Å². The largest absolute Gasteiger partial charge is 0.508 e. The fourth-order valence-electron chi connectivity index (χ4n) is 2.31. The Hall–Kier alpha value is -2.60. The zero-order valence-corrected chi connectivity index (χ0v) is 14.9. The zero-order valence-electron chi connectivity index (χ0n) is 14.9. The molecule has 0 heterocycles. The molecule has 2 aromatic carbocycles. The van der Waals surface area contributed by atoms with Gasteiger partial charge in [0, 0.05) is 0 Å².